The molecule has 0 unspecified atom stereocenters. The van der Waals surface area contributed by atoms with E-state index in [1.807, 2.05) is 12.1 Å². The molecule has 0 amide bonds. The summed E-state index contributed by atoms with van der Waals surface area (Å²) in [5.41, 5.74) is 5.40. The van der Waals surface area contributed by atoms with Crippen LogP contribution < -0.4 is 4.90 Å². The molecule has 0 aliphatic rings. The topological polar surface area (TPSA) is 46.4 Å². The van der Waals surface area contributed by atoms with Gasteiger partial charge in [0, 0.05) is 31.4 Å². The Morgan fingerprint density at radius 1 is 1.04 bits per heavy atom. The van der Waals surface area contributed by atoms with Crippen molar-refractivity contribution in [2.24, 2.45) is 0 Å². The van der Waals surface area contributed by atoms with Gasteiger partial charge in [0.2, 0.25) is 0 Å². The molecule has 0 saturated heterocycles. The molecular weight excluding hydrogens is 312 g/mol. The number of hydrogen-bond acceptors (Lipinski definition) is 3. The van der Waals surface area contributed by atoms with E-state index in [0.29, 0.717) is 0 Å². The first-order valence-electron chi connectivity index (χ1n) is 9.06. The summed E-state index contributed by atoms with van der Waals surface area (Å²) < 4.78 is 0. The van der Waals surface area contributed by atoms with Crippen molar-refractivity contribution in [2.45, 2.75) is 46.0 Å². The summed E-state index contributed by atoms with van der Waals surface area (Å²) in [5.74, 6) is 0. The third kappa shape index (κ3) is 5.31. The Morgan fingerprint density at radius 3 is 2.40 bits per heavy atom. The van der Waals surface area contributed by atoms with Crippen LogP contribution in [-0.2, 0) is 12.8 Å². The summed E-state index contributed by atoms with van der Waals surface area (Å²) >= 11 is 0. The third-order valence-corrected chi connectivity index (χ3v) is 4.68. The molecule has 2 rings (SSSR count). The number of non-ortho nitro benzene ring substituents is 1. The van der Waals surface area contributed by atoms with Gasteiger partial charge >= 0.3 is 0 Å². The Hall–Kier alpha value is -2.36. The number of nitro benzene ring substituents is 1. The Morgan fingerprint density at radius 2 is 1.76 bits per heavy atom. The molecule has 4 heteroatoms. The molecule has 25 heavy (non-hydrogen) atoms. The summed E-state index contributed by atoms with van der Waals surface area (Å²) in [5, 5.41) is 10.7. The summed E-state index contributed by atoms with van der Waals surface area (Å²) in [6, 6.07) is 13.4. The first kappa shape index (κ1) is 19.0. The first-order valence-corrected chi connectivity index (χ1v) is 9.06. The van der Waals surface area contributed by atoms with E-state index in [9.17, 15) is 10.1 Å². The normalized spacial score (nSPS) is 10.7. The zero-order valence-electron chi connectivity index (χ0n) is 15.5. The van der Waals surface area contributed by atoms with Crippen LogP contribution in [0.2, 0.25) is 0 Å². The van der Waals surface area contributed by atoms with Gasteiger partial charge in [-0.2, -0.15) is 0 Å². The van der Waals surface area contributed by atoms with Gasteiger partial charge in [0.25, 0.3) is 5.69 Å². The van der Waals surface area contributed by atoms with E-state index in [4.69, 9.17) is 0 Å². The van der Waals surface area contributed by atoms with Crippen LogP contribution >= 0.6 is 0 Å². The van der Waals surface area contributed by atoms with E-state index < -0.39 is 0 Å². The molecule has 134 valence electrons. The van der Waals surface area contributed by atoms with Crippen LogP contribution in [0.4, 0.5) is 11.4 Å². The highest BCUT2D eigenvalue weighted by Gasteiger charge is 2.10. The van der Waals surface area contributed by atoms with Crippen molar-refractivity contribution >= 4 is 11.4 Å². The van der Waals surface area contributed by atoms with Crippen molar-refractivity contribution < 1.29 is 4.92 Å². The Labute approximate surface area is 150 Å². The highest BCUT2D eigenvalue weighted by atomic mass is 16.6. The second kappa shape index (κ2) is 9.21. The number of nitrogens with zero attached hydrogens (tertiary/aromatic N) is 2. The number of unbranched alkanes of at least 4 members (excludes halogenated alkanes) is 1. The minimum Gasteiger partial charge on any atom is -0.374 e. The van der Waals surface area contributed by atoms with Gasteiger partial charge in [0.05, 0.1) is 4.92 Å². The van der Waals surface area contributed by atoms with Gasteiger partial charge in [-0.25, -0.2) is 0 Å². The molecule has 0 aliphatic carbocycles. The quantitative estimate of drug-likeness (QED) is 0.459. The summed E-state index contributed by atoms with van der Waals surface area (Å²) in [4.78, 5) is 12.7. The summed E-state index contributed by atoms with van der Waals surface area (Å²) in [6.45, 7) is 5.48. The smallest absolute Gasteiger partial charge is 0.269 e. The number of benzene rings is 2. The monoisotopic (exact) mass is 340 g/mol. The molecule has 0 atom stereocenters. The molecule has 0 aliphatic heterocycles. The van der Waals surface area contributed by atoms with Crippen LogP contribution in [0.25, 0.3) is 0 Å². The number of hydrogen-bond donors (Lipinski definition) is 0. The number of rotatable bonds is 9. The lowest BCUT2D eigenvalue weighted by Gasteiger charge is -2.23. The lowest BCUT2D eigenvalue weighted by atomic mass is 9.98. The lowest BCUT2D eigenvalue weighted by molar-refractivity contribution is -0.384. The zero-order chi connectivity index (χ0) is 18.2. The molecule has 0 heterocycles. The van der Waals surface area contributed by atoms with Gasteiger partial charge in [-0.15, -0.1) is 0 Å². The third-order valence-electron chi connectivity index (χ3n) is 4.68. The average molecular weight is 340 g/mol. The Kier molecular flexibility index (Phi) is 6.99. The second-order valence-electron chi connectivity index (χ2n) is 6.62. The highest BCUT2D eigenvalue weighted by molar-refractivity contribution is 5.56. The molecule has 0 spiro atoms. The molecule has 0 N–H and O–H groups in total. The minimum absolute atomic E-state index is 0.155. The molecule has 4 nitrogen and oxygen atoms in total. The molecule has 0 bridgehead atoms. The van der Waals surface area contributed by atoms with Crippen molar-refractivity contribution in [1.29, 1.82) is 0 Å². The molecule has 0 radical (unpaired) electrons. The predicted octanol–water partition coefficient (Wildman–Crippen LogP) is 5.31. The van der Waals surface area contributed by atoms with Crippen molar-refractivity contribution in [3.63, 3.8) is 0 Å². The Bertz CT molecular complexity index is 696. The van der Waals surface area contributed by atoms with E-state index in [1.54, 1.807) is 12.1 Å². The maximum Gasteiger partial charge on any atom is 0.269 e. The van der Waals surface area contributed by atoms with Crippen molar-refractivity contribution in [3.05, 3.63) is 69.3 Å². The number of aryl methyl sites for hydroxylation is 2. The zero-order valence-corrected chi connectivity index (χ0v) is 15.5. The van der Waals surface area contributed by atoms with E-state index in [-0.39, 0.29) is 10.6 Å². The highest BCUT2D eigenvalue weighted by Crippen LogP contribution is 2.25. The predicted molar refractivity (Wildman–Crippen MR) is 104 cm³/mol. The Balaban J connectivity index is 2.01. The van der Waals surface area contributed by atoms with Crippen LogP contribution in [0.15, 0.2) is 42.5 Å². The number of anilines is 1. The molecule has 0 fully saturated rings. The SMILES string of the molecule is CCCCN(C)c1cccc(C)c1CCCc1ccc([N+](=O)[O-])cc1. The minimum atomic E-state index is -0.352. The largest absolute Gasteiger partial charge is 0.374 e. The van der Waals surface area contributed by atoms with Gasteiger partial charge in [-0.3, -0.25) is 10.1 Å². The van der Waals surface area contributed by atoms with Gasteiger partial charge in [0.1, 0.15) is 0 Å². The number of nitro groups is 1. The fourth-order valence-electron chi connectivity index (χ4n) is 3.14. The van der Waals surface area contributed by atoms with E-state index in [1.165, 1.54) is 29.7 Å². The van der Waals surface area contributed by atoms with Crippen LogP contribution in [-0.4, -0.2) is 18.5 Å². The molecule has 2 aromatic rings. The van der Waals surface area contributed by atoms with Crippen LogP contribution in [0, 0.1) is 17.0 Å². The lowest BCUT2D eigenvalue weighted by Crippen LogP contribution is -2.20. The van der Waals surface area contributed by atoms with Crippen molar-refractivity contribution in [1.82, 2.24) is 0 Å². The first-order chi connectivity index (χ1) is 12.0. The summed E-state index contributed by atoms with van der Waals surface area (Å²) in [6.07, 6.45) is 5.40. The molecule has 0 saturated carbocycles. The maximum absolute atomic E-state index is 10.7. The average Bonchev–Trinajstić information content (AvgIpc) is 2.61. The molecule has 0 aromatic heterocycles. The van der Waals surface area contributed by atoms with Crippen LogP contribution in [0.1, 0.15) is 42.9 Å². The van der Waals surface area contributed by atoms with Gasteiger partial charge in [0.15, 0.2) is 0 Å². The molecule has 2 aromatic carbocycles. The fourth-order valence-corrected chi connectivity index (χ4v) is 3.14. The van der Waals surface area contributed by atoms with E-state index >= 15 is 0 Å². The van der Waals surface area contributed by atoms with Crippen LogP contribution in [0.3, 0.4) is 0 Å². The maximum atomic E-state index is 10.7. The van der Waals surface area contributed by atoms with Gasteiger partial charge in [-0.05, 0) is 55.4 Å². The van der Waals surface area contributed by atoms with Crippen molar-refractivity contribution in [2.75, 3.05) is 18.5 Å². The fraction of sp³-hybridized carbons (Fsp3) is 0.429. The van der Waals surface area contributed by atoms with E-state index in [0.717, 1.165) is 31.4 Å². The van der Waals surface area contributed by atoms with Gasteiger partial charge < -0.3 is 4.90 Å². The second-order valence-corrected chi connectivity index (χ2v) is 6.62. The van der Waals surface area contributed by atoms with Crippen LogP contribution in [0.5, 0.6) is 0 Å². The summed E-state index contributed by atoms with van der Waals surface area (Å²) in [7, 11) is 2.17. The van der Waals surface area contributed by atoms with Crippen molar-refractivity contribution in [3.8, 4) is 0 Å². The van der Waals surface area contributed by atoms with E-state index in [2.05, 4.69) is 44.0 Å². The molecular formula is C21H28N2O2. The standard InChI is InChI=1S/C21H28N2O2/c1-4-5-16-22(3)21-11-6-8-17(2)20(21)10-7-9-18-12-14-19(15-13-18)23(24)25/h6,8,11-15H,4-5,7,9-10,16H2,1-3H3. The van der Waals surface area contributed by atoms with Gasteiger partial charge in [-0.1, -0.05) is 37.6 Å².